The van der Waals surface area contributed by atoms with E-state index in [1.54, 1.807) is 38.1 Å². The molecule has 2 aromatic carbocycles. The van der Waals surface area contributed by atoms with Crippen molar-refractivity contribution in [2.45, 2.75) is 39.5 Å². The van der Waals surface area contributed by atoms with Crippen LogP contribution in [0.3, 0.4) is 0 Å². The van der Waals surface area contributed by atoms with Crippen LogP contribution in [-0.2, 0) is 10.0 Å². The summed E-state index contributed by atoms with van der Waals surface area (Å²) < 4.78 is 44.8. The molecule has 0 aliphatic rings. The standard InChI is InChI=1S/C24H31N3O6S2/c1-6-27(7-2)35(29,30)17-11-12-18-21(15-17)34-24(25-18)26-23(28)16-13-19(31-8-3)22(33-10-5)20(14-16)32-9-4/h11-15H,6-10H2,1-5H3,(H,25,26,28). The molecule has 1 aromatic heterocycles. The Morgan fingerprint density at radius 2 is 1.54 bits per heavy atom. The lowest BCUT2D eigenvalue weighted by Crippen LogP contribution is -2.30. The van der Waals surface area contributed by atoms with E-state index >= 15 is 0 Å². The molecule has 0 atom stereocenters. The number of hydrogen-bond donors (Lipinski definition) is 1. The number of fused-ring (bicyclic) bond motifs is 1. The van der Waals surface area contributed by atoms with Crippen molar-refractivity contribution in [3.63, 3.8) is 0 Å². The van der Waals surface area contributed by atoms with Gasteiger partial charge in [-0.1, -0.05) is 25.2 Å². The van der Waals surface area contributed by atoms with Gasteiger partial charge in [0.25, 0.3) is 5.91 Å². The SMILES string of the molecule is CCOc1cc(C(=O)Nc2nc3ccc(S(=O)(=O)N(CC)CC)cc3s2)cc(OCC)c1OCC. The summed E-state index contributed by atoms with van der Waals surface area (Å²) in [6, 6.07) is 7.99. The zero-order valence-electron chi connectivity index (χ0n) is 20.6. The van der Waals surface area contributed by atoms with Crippen LogP contribution in [-0.4, -0.2) is 56.5 Å². The number of amides is 1. The highest BCUT2D eigenvalue weighted by Gasteiger charge is 2.23. The predicted octanol–water partition coefficient (Wildman–Crippen LogP) is 4.78. The highest BCUT2D eigenvalue weighted by molar-refractivity contribution is 7.89. The number of nitrogens with zero attached hydrogens (tertiary/aromatic N) is 2. The molecule has 190 valence electrons. The van der Waals surface area contributed by atoms with E-state index in [0.29, 0.717) is 71.1 Å². The van der Waals surface area contributed by atoms with Gasteiger partial charge in [0.05, 0.1) is 34.9 Å². The van der Waals surface area contributed by atoms with Gasteiger partial charge < -0.3 is 14.2 Å². The smallest absolute Gasteiger partial charge is 0.257 e. The minimum absolute atomic E-state index is 0.199. The molecule has 11 heteroatoms. The average Bonchev–Trinajstić information content (AvgIpc) is 3.23. The summed E-state index contributed by atoms with van der Waals surface area (Å²) in [6.45, 7) is 11.1. The van der Waals surface area contributed by atoms with Gasteiger partial charge in [-0.2, -0.15) is 4.31 Å². The molecule has 0 aliphatic carbocycles. The van der Waals surface area contributed by atoms with Crippen molar-refractivity contribution < 1.29 is 27.4 Å². The van der Waals surface area contributed by atoms with Gasteiger partial charge in [0.1, 0.15) is 0 Å². The molecule has 0 unspecified atom stereocenters. The molecule has 0 saturated heterocycles. The van der Waals surface area contributed by atoms with E-state index in [1.807, 2.05) is 20.8 Å². The van der Waals surface area contributed by atoms with Gasteiger partial charge in [-0.3, -0.25) is 10.1 Å². The first-order valence-electron chi connectivity index (χ1n) is 11.6. The van der Waals surface area contributed by atoms with Gasteiger partial charge in [-0.05, 0) is 51.1 Å². The van der Waals surface area contributed by atoms with Crippen LogP contribution in [0.4, 0.5) is 5.13 Å². The number of rotatable bonds is 12. The lowest BCUT2D eigenvalue weighted by atomic mass is 10.1. The van der Waals surface area contributed by atoms with Crippen molar-refractivity contribution in [1.82, 2.24) is 9.29 Å². The van der Waals surface area contributed by atoms with Gasteiger partial charge in [0, 0.05) is 18.7 Å². The molecule has 1 N–H and O–H groups in total. The summed E-state index contributed by atoms with van der Waals surface area (Å²) in [4.78, 5) is 17.7. The molecule has 9 nitrogen and oxygen atoms in total. The van der Waals surface area contributed by atoms with Crippen LogP contribution < -0.4 is 19.5 Å². The Balaban J connectivity index is 1.92. The molecule has 0 bridgehead atoms. The maximum absolute atomic E-state index is 13.1. The summed E-state index contributed by atoms with van der Waals surface area (Å²) in [7, 11) is -3.59. The number of sulfonamides is 1. The number of ether oxygens (including phenoxy) is 3. The fourth-order valence-electron chi connectivity index (χ4n) is 3.52. The zero-order valence-corrected chi connectivity index (χ0v) is 22.2. The third-order valence-electron chi connectivity index (χ3n) is 5.09. The van der Waals surface area contributed by atoms with Crippen LogP contribution in [0.25, 0.3) is 10.2 Å². The van der Waals surface area contributed by atoms with Crippen LogP contribution in [0.2, 0.25) is 0 Å². The molecule has 0 saturated carbocycles. The number of hydrogen-bond acceptors (Lipinski definition) is 8. The van der Waals surface area contributed by atoms with E-state index < -0.39 is 15.9 Å². The molecule has 0 fully saturated rings. The molecule has 0 aliphatic heterocycles. The maximum atomic E-state index is 13.1. The topological polar surface area (TPSA) is 107 Å². The summed E-state index contributed by atoms with van der Waals surface area (Å²) in [5, 5.41) is 3.15. The molecule has 3 aromatic rings. The van der Waals surface area contributed by atoms with Crippen LogP contribution in [0.5, 0.6) is 17.2 Å². The van der Waals surface area contributed by atoms with Crippen LogP contribution >= 0.6 is 11.3 Å². The Bertz CT molecular complexity index is 1260. The highest BCUT2D eigenvalue weighted by Crippen LogP contribution is 2.39. The van der Waals surface area contributed by atoms with Crippen LogP contribution in [0, 0.1) is 0 Å². The molecule has 0 spiro atoms. The second-order valence-corrected chi connectivity index (χ2v) is 10.3. The molecule has 0 radical (unpaired) electrons. The summed E-state index contributed by atoms with van der Waals surface area (Å²) >= 11 is 1.20. The third kappa shape index (κ3) is 5.85. The van der Waals surface area contributed by atoms with Gasteiger partial charge in [0.2, 0.25) is 15.8 Å². The number of carbonyl (C=O) groups is 1. The number of thiazole rings is 1. The summed E-state index contributed by atoms with van der Waals surface area (Å²) in [6.07, 6.45) is 0. The first-order chi connectivity index (χ1) is 16.8. The van der Waals surface area contributed by atoms with E-state index in [9.17, 15) is 13.2 Å². The summed E-state index contributed by atoms with van der Waals surface area (Å²) in [5.74, 6) is 0.890. The van der Waals surface area contributed by atoms with E-state index in [2.05, 4.69) is 10.3 Å². The van der Waals surface area contributed by atoms with Crippen molar-refractivity contribution >= 4 is 42.6 Å². The van der Waals surface area contributed by atoms with Crippen LogP contribution in [0.15, 0.2) is 35.2 Å². The third-order valence-corrected chi connectivity index (χ3v) is 8.07. The lowest BCUT2D eigenvalue weighted by molar-refractivity contribution is 0.102. The fourth-order valence-corrected chi connectivity index (χ4v) is 5.98. The number of carbonyl (C=O) groups excluding carboxylic acids is 1. The number of benzene rings is 2. The number of nitrogens with one attached hydrogen (secondary N) is 1. The van der Waals surface area contributed by atoms with Crippen molar-refractivity contribution in [3.8, 4) is 17.2 Å². The predicted molar refractivity (Wildman–Crippen MR) is 138 cm³/mol. The van der Waals surface area contributed by atoms with Crippen molar-refractivity contribution in [2.24, 2.45) is 0 Å². The van der Waals surface area contributed by atoms with Crippen molar-refractivity contribution in [2.75, 3.05) is 38.2 Å². The van der Waals surface area contributed by atoms with Gasteiger partial charge in [-0.25, -0.2) is 13.4 Å². The molecular formula is C24H31N3O6S2. The van der Waals surface area contributed by atoms with E-state index in [-0.39, 0.29) is 4.90 Å². The Morgan fingerprint density at radius 1 is 0.943 bits per heavy atom. The minimum atomic E-state index is -3.59. The zero-order chi connectivity index (χ0) is 25.6. The van der Waals surface area contributed by atoms with Crippen molar-refractivity contribution in [1.29, 1.82) is 0 Å². The maximum Gasteiger partial charge on any atom is 0.257 e. The highest BCUT2D eigenvalue weighted by atomic mass is 32.2. The van der Waals surface area contributed by atoms with Crippen molar-refractivity contribution in [3.05, 3.63) is 35.9 Å². The summed E-state index contributed by atoms with van der Waals surface area (Å²) in [5.41, 5.74) is 0.921. The first kappa shape index (κ1) is 26.7. The van der Waals surface area contributed by atoms with Crippen LogP contribution in [0.1, 0.15) is 45.0 Å². The lowest BCUT2D eigenvalue weighted by Gasteiger charge is -2.18. The Morgan fingerprint density at radius 3 is 2.09 bits per heavy atom. The Labute approximate surface area is 210 Å². The quantitative estimate of drug-likeness (QED) is 0.366. The van der Waals surface area contributed by atoms with E-state index in [4.69, 9.17) is 14.2 Å². The molecular weight excluding hydrogens is 490 g/mol. The van der Waals surface area contributed by atoms with E-state index in [0.717, 1.165) is 0 Å². The first-order valence-corrected chi connectivity index (χ1v) is 13.8. The fraction of sp³-hybridized carbons (Fsp3) is 0.417. The second kappa shape index (κ2) is 11.7. The largest absolute Gasteiger partial charge is 0.490 e. The molecule has 35 heavy (non-hydrogen) atoms. The van der Waals surface area contributed by atoms with Gasteiger partial charge in [0.15, 0.2) is 16.6 Å². The normalized spacial score (nSPS) is 11.6. The Kier molecular flexibility index (Phi) is 8.92. The molecule has 1 amide bonds. The van der Waals surface area contributed by atoms with Gasteiger partial charge in [-0.15, -0.1) is 0 Å². The molecule has 1 heterocycles. The Hall–Kier alpha value is -2.89. The van der Waals surface area contributed by atoms with E-state index in [1.165, 1.54) is 21.7 Å². The number of anilines is 1. The molecule has 3 rings (SSSR count). The van der Waals surface area contributed by atoms with Gasteiger partial charge >= 0.3 is 0 Å². The second-order valence-electron chi connectivity index (χ2n) is 7.29. The number of aromatic nitrogens is 1. The minimum Gasteiger partial charge on any atom is -0.490 e. The monoisotopic (exact) mass is 521 g/mol. The average molecular weight is 522 g/mol.